The Kier molecular flexibility index (Phi) is 8.77. The average Bonchev–Trinajstić information content (AvgIpc) is 2.38. The van der Waals surface area contributed by atoms with Crippen molar-refractivity contribution in [2.45, 2.75) is 18.6 Å². The number of rotatable bonds is 4. The van der Waals surface area contributed by atoms with E-state index in [4.69, 9.17) is 20.4 Å². The van der Waals surface area contributed by atoms with Gasteiger partial charge in [0.2, 0.25) is 0 Å². The molecular formula is C12H16O8. The smallest absolute Gasteiger partial charge is 0.346 e. The SMILES string of the molecule is Cc1ccccc1.O.O=CC(O)(C(=O)O)C(O)C(=O)O. The van der Waals surface area contributed by atoms with E-state index in [2.05, 4.69) is 19.1 Å². The standard InChI is InChI=1S/C7H8.C5H6O7.H2O/c1-7-5-3-2-4-6-7;6-1-5(12,4(10)11)2(7)3(8)9;/h2-6H,1H3;1-2,7,12H,(H,8,9)(H,10,11);1H2. The molecule has 20 heavy (non-hydrogen) atoms. The molecule has 0 fully saturated rings. The number of aldehydes is 1. The molecule has 0 heterocycles. The molecule has 0 radical (unpaired) electrons. The normalized spacial score (nSPS) is 13.6. The zero-order valence-corrected chi connectivity index (χ0v) is 10.6. The quantitative estimate of drug-likeness (QED) is 0.391. The lowest BCUT2D eigenvalue weighted by molar-refractivity contribution is -0.182. The first kappa shape index (κ1) is 20.0. The van der Waals surface area contributed by atoms with Crippen LogP contribution in [0.3, 0.4) is 0 Å². The molecule has 0 aromatic heterocycles. The molecule has 2 unspecified atom stereocenters. The van der Waals surface area contributed by atoms with Gasteiger partial charge in [-0.15, -0.1) is 0 Å². The molecule has 0 bridgehead atoms. The molecular weight excluding hydrogens is 272 g/mol. The van der Waals surface area contributed by atoms with Gasteiger partial charge in [-0.25, -0.2) is 9.59 Å². The van der Waals surface area contributed by atoms with E-state index in [0.29, 0.717) is 0 Å². The van der Waals surface area contributed by atoms with Crippen molar-refractivity contribution in [2.75, 3.05) is 0 Å². The molecule has 0 aliphatic carbocycles. The Balaban J connectivity index is 0. The number of hydrogen-bond donors (Lipinski definition) is 4. The summed E-state index contributed by atoms with van der Waals surface area (Å²) in [4.78, 5) is 30.0. The highest BCUT2D eigenvalue weighted by atomic mass is 16.4. The van der Waals surface area contributed by atoms with Gasteiger partial charge in [-0.05, 0) is 6.92 Å². The molecule has 2 atom stereocenters. The maximum absolute atomic E-state index is 10.1. The van der Waals surface area contributed by atoms with Gasteiger partial charge >= 0.3 is 11.9 Å². The van der Waals surface area contributed by atoms with Gasteiger partial charge in [0.25, 0.3) is 5.60 Å². The third kappa shape index (κ3) is 5.57. The first-order valence-corrected chi connectivity index (χ1v) is 5.10. The third-order valence-electron chi connectivity index (χ3n) is 2.11. The van der Waals surface area contributed by atoms with Crippen molar-refractivity contribution in [3.63, 3.8) is 0 Å². The lowest BCUT2D eigenvalue weighted by Crippen LogP contribution is -2.54. The van der Waals surface area contributed by atoms with Gasteiger partial charge in [-0.3, -0.25) is 4.79 Å². The highest BCUT2D eigenvalue weighted by Gasteiger charge is 2.48. The van der Waals surface area contributed by atoms with Gasteiger partial charge in [0.05, 0.1) is 0 Å². The molecule has 0 saturated heterocycles. The highest BCUT2D eigenvalue weighted by molar-refractivity contribution is 6.01. The number of hydrogen-bond acceptors (Lipinski definition) is 5. The lowest BCUT2D eigenvalue weighted by Gasteiger charge is -2.18. The van der Waals surface area contributed by atoms with Crippen LogP contribution in [0.15, 0.2) is 30.3 Å². The minimum atomic E-state index is -3.29. The van der Waals surface area contributed by atoms with Crippen LogP contribution in [0.5, 0.6) is 0 Å². The number of aryl methyl sites for hydroxylation is 1. The van der Waals surface area contributed by atoms with Gasteiger partial charge in [0, 0.05) is 0 Å². The summed E-state index contributed by atoms with van der Waals surface area (Å²) in [5.74, 6) is -4.11. The average molecular weight is 288 g/mol. The second kappa shape index (κ2) is 8.75. The van der Waals surface area contributed by atoms with Crippen LogP contribution in [0.25, 0.3) is 0 Å². The zero-order chi connectivity index (χ0) is 15.1. The first-order chi connectivity index (χ1) is 8.75. The van der Waals surface area contributed by atoms with Gasteiger partial charge < -0.3 is 25.9 Å². The largest absolute Gasteiger partial charge is 0.479 e. The number of aliphatic hydroxyl groups excluding tert-OH is 1. The fraction of sp³-hybridized carbons (Fsp3) is 0.250. The van der Waals surface area contributed by atoms with E-state index in [9.17, 15) is 14.4 Å². The maximum atomic E-state index is 10.1. The minimum Gasteiger partial charge on any atom is -0.479 e. The fourth-order valence-corrected chi connectivity index (χ4v) is 0.954. The summed E-state index contributed by atoms with van der Waals surface area (Å²) in [7, 11) is 0. The van der Waals surface area contributed by atoms with Crippen LogP contribution in [-0.2, 0) is 14.4 Å². The summed E-state index contributed by atoms with van der Waals surface area (Å²) >= 11 is 0. The Morgan fingerprint density at radius 1 is 1.20 bits per heavy atom. The van der Waals surface area contributed by atoms with Crippen molar-refractivity contribution in [3.05, 3.63) is 35.9 Å². The van der Waals surface area contributed by atoms with Gasteiger partial charge in [-0.2, -0.15) is 0 Å². The molecule has 112 valence electrons. The van der Waals surface area contributed by atoms with E-state index in [0.717, 1.165) is 0 Å². The van der Waals surface area contributed by atoms with Crippen LogP contribution in [0, 0.1) is 6.92 Å². The minimum absolute atomic E-state index is 0. The van der Waals surface area contributed by atoms with Crippen molar-refractivity contribution in [1.82, 2.24) is 0 Å². The number of benzene rings is 1. The Bertz CT molecular complexity index is 444. The van der Waals surface area contributed by atoms with Crippen LogP contribution < -0.4 is 0 Å². The third-order valence-corrected chi connectivity index (χ3v) is 2.11. The summed E-state index contributed by atoms with van der Waals surface area (Å²) in [6.45, 7) is 2.08. The maximum Gasteiger partial charge on any atom is 0.346 e. The number of aliphatic hydroxyl groups is 2. The second-order valence-electron chi connectivity index (χ2n) is 3.64. The summed E-state index contributed by atoms with van der Waals surface area (Å²) < 4.78 is 0. The Morgan fingerprint density at radius 2 is 1.65 bits per heavy atom. The van der Waals surface area contributed by atoms with Crippen LogP contribution in [0.4, 0.5) is 0 Å². The summed E-state index contributed by atoms with van der Waals surface area (Å²) in [5.41, 5.74) is -1.96. The predicted molar refractivity (Wildman–Crippen MR) is 67.1 cm³/mol. The van der Waals surface area contributed by atoms with Crippen molar-refractivity contribution in [3.8, 4) is 0 Å². The van der Waals surface area contributed by atoms with E-state index in [1.807, 2.05) is 18.2 Å². The Labute approximate surface area is 114 Å². The van der Waals surface area contributed by atoms with Crippen LogP contribution in [0.1, 0.15) is 5.56 Å². The number of aliphatic carboxylic acids is 2. The van der Waals surface area contributed by atoms with Crippen molar-refractivity contribution >= 4 is 18.2 Å². The molecule has 1 aromatic rings. The summed E-state index contributed by atoms with van der Waals surface area (Å²) in [5, 5.41) is 33.5. The van der Waals surface area contributed by atoms with E-state index < -0.39 is 29.9 Å². The number of carbonyl (C=O) groups excluding carboxylic acids is 1. The molecule has 0 aliphatic rings. The van der Waals surface area contributed by atoms with Gasteiger partial charge in [0.1, 0.15) is 0 Å². The van der Waals surface area contributed by atoms with E-state index in [1.54, 1.807) is 0 Å². The van der Waals surface area contributed by atoms with Gasteiger partial charge in [0.15, 0.2) is 12.4 Å². The lowest BCUT2D eigenvalue weighted by atomic mass is 9.99. The fourth-order valence-electron chi connectivity index (χ4n) is 0.954. The number of carboxylic acid groups (broad SMARTS) is 2. The van der Waals surface area contributed by atoms with Crippen LogP contribution >= 0.6 is 0 Å². The van der Waals surface area contributed by atoms with E-state index in [-0.39, 0.29) is 5.48 Å². The van der Waals surface area contributed by atoms with Crippen molar-refractivity contribution < 1.29 is 40.3 Å². The molecule has 8 nitrogen and oxygen atoms in total. The van der Waals surface area contributed by atoms with Crippen LogP contribution in [-0.4, -0.2) is 55.8 Å². The predicted octanol–water partition coefficient (Wildman–Crippen LogP) is -1.38. The van der Waals surface area contributed by atoms with Gasteiger partial charge in [-0.1, -0.05) is 35.9 Å². The van der Waals surface area contributed by atoms with Crippen molar-refractivity contribution in [1.29, 1.82) is 0 Å². The molecule has 1 rings (SSSR count). The molecule has 6 N–H and O–H groups in total. The van der Waals surface area contributed by atoms with E-state index in [1.165, 1.54) is 5.56 Å². The molecule has 0 spiro atoms. The number of carboxylic acids is 2. The highest BCUT2D eigenvalue weighted by Crippen LogP contribution is 2.08. The first-order valence-electron chi connectivity index (χ1n) is 5.10. The zero-order valence-electron chi connectivity index (χ0n) is 10.6. The number of carbonyl (C=O) groups is 3. The molecule has 0 saturated carbocycles. The molecule has 1 aromatic carbocycles. The van der Waals surface area contributed by atoms with E-state index >= 15 is 0 Å². The summed E-state index contributed by atoms with van der Waals surface area (Å²) in [6, 6.07) is 10.3. The Hall–Kier alpha value is -2.29. The molecule has 0 amide bonds. The monoisotopic (exact) mass is 288 g/mol. The van der Waals surface area contributed by atoms with Crippen LogP contribution in [0.2, 0.25) is 0 Å². The second-order valence-corrected chi connectivity index (χ2v) is 3.64. The van der Waals surface area contributed by atoms with Crippen molar-refractivity contribution in [2.24, 2.45) is 0 Å². The topological polar surface area (TPSA) is 164 Å². The molecule has 8 heteroatoms. The Morgan fingerprint density at radius 3 is 1.80 bits per heavy atom. The molecule has 0 aliphatic heterocycles. The summed E-state index contributed by atoms with van der Waals surface area (Å²) in [6.07, 6.45) is -3.22.